The monoisotopic (exact) mass is 221 g/mol. The predicted molar refractivity (Wildman–Crippen MR) is 55.6 cm³/mol. The third kappa shape index (κ3) is 1.84. The molecule has 0 atom stereocenters. The molecule has 0 aromatic heterocycles. The standard InChI is InChI=1S/C11H11NO4/c1-15-11(14)7-2-3-9-8(6-7)10(13)12-4-5-16-9/h2-3,6H,4-5H2,1H3,(H,12,13). The number of esters is 1. The van der Waals surface area contributed by atoms with Crippen LogP contribution >= 0.6 is 0 Å². The zero-order chi connectivity index (χ0) is 11.5. The van der Waals surface area contributed by atoms with Gasteiger partial charge in [0.25, 0.3) is 5.91 Å². The summed E-state index contributed by atoms with van der Waals surface area (Å²) in [4.78, 5) is 22.9. The van der Waals surface area contributed by atoms with Crippen molar-refractivity contribution in [1.29, 1.82) is 0 Å². The minimum atomic E-state index is -0.472. The first kappa shape index (κ1) is 10.5. The Kier molecular flexibility index (Phi) is 2.76. The lowest BCUT2D eigenvalue weighted by molar-refractivity contribution is 0.0600. The number of nitrogens with one attached hydrogen (secondary N) is 1. The summed E-state index contributed by atoms with van der Waals surface area (Å²) >= 11 is 0. The highest BCUT2D eigenvalue weighted by Crippen LogP contribution is 2.21. The molecule has 1 aromatic carbocycles. The van der Waals surface area contributed by atoms with Gasteiger partial charge in [-0.1, -0.05) is 0 Å². The molecule has 1 aliphatic heterocycles. The molecule has 0 bridgehead atoms. The Morgan fingerprint density at radius 1 is 1.50 bits per heavy atom. The van der Waals surface area contributed by atoms with E-state index >= 15 is 0 Å². The molecule has 5 nitrogen and oxygen atoms in total. The number of carbonyl (C=O) groups is 2. The molecule has 0 aliphatic carbocycles. The molecule has 1 amide bonds. The van der Waals surface area contributed by atoms with E-state index in [2.05, 4.69) is 10.1 Å². The van der Waals surface area contributed by atoms with Gasteiger partial charge < -0.3 is 14.8 Å². The number of benzene rings is 1. The zero-order valence-electron chi connectivity index (χ0n) is 8.78. The molecule has 1 aromatic rings. The van der Waals surface area contributed by atoms with Gasteiger partial charge in [0.2, 0.25) is 0 Å². The second kappa shape index (κ2) is 4.22. The van der Waals surface area contributed by atoms with Gasteiger partial charge in [0, 0.05) is 0 Å². The summed E-state index contributed by atoms with van der Waals surface area (Å²) in [5, 5.41) is 2.67. The van der Waals surface area contributed by atoms with Gasteiger partial charge in [0.05, 0.1) is 24.8 Å². The fraction of sp³-hybridized carbons (Fsp3) is 0.273. The van der Waals surface area contributed by atoms with Crippen LogP contribution in [0.15, 0.2) is 18.2 Å². The lowest BCUT2D eigenvalue weighted by Crippen LogP contribution is -2.24. The van der Waals surface area contributed by atoms with Gasteiger partial charge in [0.15, 0.2) is 0 Å². The van der Waals surface area contributed by atoms with Crippen molar-refractivity contribution in [3.63, 3.8) is 0 Å². The van der Waals surface area contributed by atoms with Gasteiger partial charge in [0.1, 0.15) is 12.4 Å². The molecule has 0 radical (unpaired) electrons. The van der Waals surface area contributed by atoms with Crippen LogP contribution in [-0.4, -0.2) is 32.1 Å². The Bertz CT molecular complexity index is 442. The number of ether oxygens (including phenoxy) is 2. The van der Waals surface area contributed by atoms with Crippen LogP contribution in [0.4, 0.5) is 0 Å². The van der Waals surface area contributed by atoms with Gasteiger partial charge in [-0.3, -0.25) is 4.79 Å². The van der Waals surface area contributed by atoms with E-state index in [1.807, 2.05) is 0 Å². The molecule has 84 valence electrons. The number of rotatable bonds is 1. The summed E-state index contributed by atoms with van der Waals surface area (Å²) in [7, 11) is 1.30. The van der Waals surface area contributed by atoms with Crippen molar-refractivity contribution < 1.29 is 19.1 Å². The molecular formula is C11H11NO4. The normalized spacial score (nSPS) is 14.2. The van der Waals surface area contributed by atoms with E-state index in [4.69, 9.17) is 4.74 Å². The third-order valence-electron chi connectivity index (χ3n) is 2.29. The second-order valence-electron chi connectivity index (χ2n) is 3.31. The maximum absolute atomic E-state index is 11.6. The predicted octanol–water partition coefficient (Wildman–Crippen LogP) is 0.595. The molecular weight excluding hydrogens is 210 g/mol. The molecule has 0 unspecified atom stereocenters. The third-order valence-corrected chi connectivity index (χ3v) is 2.29. The van der Waals surface area contributed by atoms with E-state index in [1.54, 1.807) is 12.1 Å². The lowest BCUT2D eigenvalue weighted by atomic mass is 10.1. The number of methoxy groups -OCH3 is 1. The smallest absolute Gasteiger partial charge is 0.337 e. The highest BCUT2D eigenvalue weighted by molar-refractivity contribution is 6.00. The van der Waals surface area contributed by atoms with Crippen LogP contribution in [0.1, 0.15) is 20.7 Å². The minimum Gasteiger partial charge on any atom is -0.491 e. The lowest BCUT2D eigenvalue weighted by Gasteiger charge is -2.06. The van der Waals surface area contributed by atoms with Crippen molar-refractivity contribution in [3.8, 4) is 5.75 Å². The van der Waals surface area contributed by atoms with Crippen LogP contribution in [0.5, 0.6) is 5.75 Å². The summed E-state index contributed by atoms with van der Waals surface area (Å²) in [5.74, 6) is -0.222. The average Bonchev–Trinajstić information content (AvgIpc) is 2.50. The fourth-order valence-corrected chi connectivity index (χ4v) is 1.50. The summed E-state index contributed by atoms with van der Waals surface area (Å²) in [6.07, 6.45) is 0. The second-order valence-corrected chi connectivity index (χ2v) is 3.31. The highest BCUT2D eigenvalue weighted by atomic mass is 16.5. The number of hydrogen-bond donors (Lipinski definition) is 1. The Morgan fingerprint density at radius 2 is 2.31 bits per heavy atom. The first-order chi connectivity index (χ1) is 7.72. The van der Waals surface area contributed by atoms with E-state index in [0.29, 0.717) is 30.0 Å². The Labute approximate surface area is 92.4 Å². The summed E-state index contributed by atoms with van der Waals surface area (Å²) < 4.78 is 9.93. The van der Waals surface area contributed by atoms with E-state index < -0.39 is 5.97 Å². The first-order valence-electron chi connectivity index (χ1n) is 4.86. The van der Waals surface area contributed by atoms with Crippen LogP contribution in [0.25, 0.3) is 0 Å². The maximum Gasteiger partial charge on any atom is 0.337 e. The van der Waals surface area contributed by atoms with Gasteiger partial charge in [-0.25, -0.2) is 4.79 Å². The number of hydrogen-bond acceptors (Lipinski definition) is 4. The number of fused-ring (bicyclic) bond motifs is 1. The van der Waals surface area contributed by atoms with Gasteiger partial charge in [-0.15, -0.1) is 0 Å². The van der Waals surface area contributed by atoms with Crippen LogP contribution in [0.3, 0.4) is 0 Å². The van der Waals surface area contributed by atoms with Crippen molar-refractivity contribution in [2.75, 3.05) is 20.3 Å². The maximum atomic E-state index is 11.6. The molecule has 1 heterocycles. The molecule has 0 fully saturated rings. The summed E-state index contributed by atoms with van der Waals surface area (Å²) in [5.41, 5.74) is 0.697. The SMILES string of the molecule is COC(=O)c1ccc2c(c1)C(=O)NCCO2. The molecule has 1 N–H and O–H groups in total. The van der Waals surface area contributed by atoms with Crippen molar-refractivity contribution in [1.82, 2.24) is 5.32 Å². The Hall–Kier alpha value is -2.04. The minimum absolute atomic E-state index is 0.238. The van der Waals surface area contributed by atoms with E-state index in [0.717, 1.165) is 0 Å². The molecule has 1 aliphatic rings. The highest BCUT2D eigenvalue weighted by Gasteiger charge is 2.18. The molecule has 16 heavy (non-hydrogen) atoms. The van der Waals surface area contributed by atoms with Gasteiger partial charge >= 0.3 is 5.97 Å². The van der Waals surface area contributed by atoms with Gasteiger partial charge in [-0.2, -0.15) is 0 Å². The Morgan fingerprint density at radius 3 is 3.06 bits per heavy atom. The number of amides is 1. The largest absolute Gasteiger partial charge is 0.491 e. The average molecular weight is 221 g/mol. The van der Waals surface area contributed by atoms with E-state index in [-0.39, 0.29) is 5.91 Å². The molecule has 0 saturated heterocycles. The zero-order valence-corrected chi connectivity index (χ0v) is 8.78. The van der Waals surface area contributed by atoms with E-state index in [9.17, 15) is 9.59 Å². The fourth-order valence-electron chi connectivity index (χ4n) is 1.50. The van der Waals surface area contributed by atoms with Crippen LogP contribution in [0.2, 0.25) is 0 Å². The molecule has 5 heteroatoms. The van der Waals surface area contributed by atoms with Crippen molar-refractivity contribution in [2.45, 2.75) is 0 Å². The van der Waals surface area contributed by atoms with Crippen LogP contribution in [-0.2, 0) is 4.74 Å². The van der Waals surface area contributed by atoms with Crippen molar-refractivity contribution in [2.24, 2.45) is 0 Å². The summed E-state index contributed by atoms with van der Waals surface area (Å²) in [6.45, 7) is 0.886. The molecule has 0 spiro atoms. The van der Waals surface area contributed by atoms with E-state index in [1.165, 1.54) is 13.2 Å². The van der Waals surface area contributed by atoms with Gasteiger partial charge in [-0.05, 0) is 18.2 Å². The topological polar surface area (TPSA) is 64.6 Å². The van der Waals surface area contributed by atoms with Crippen molar-refractivity contribution in [3.05, 3.63) is 29.3 Å². The number of carbonyl (C=O) groups excluding carboxylic acids is 2. The Balaban J connectivity index is 2.43. The van der Waals surface area contributed by atoms with Crippen LogP contribution in [0, 0.1) is 0 Å². The quantitative estimate of drug-likeness (QED) is 0.705. The molecule has 0 saturated carbocycles. The summed E-state index contributed by atoms with van der Waals surface area (Å²) in [6, 6.07) is 4.65. The molecule has 2 rings (SSSR count). The van der Waals surface area contributed by atoms with Crippen molar-refractivity contribution >= 4 is 11.9 Å². The first-order valence-corrected chi connectivity index (χ1v) is 4.86. The van der Waals surface area contributed by atoms with Crippen LogP contribution < -0.4 is 10.1 Å².